The molecule has 1 fully saturated rings. The molecule has 0 spiro atoms. The van der Waals surface area contributed by atoms with Crippen molar-refractivity contribution >= 4 is 20.9 Å². The van der Waals surface area contributed by atoms with Gasteiger partial charge >= 0.3 is 0 Å². The van der Waals surface area contributed by atoms with E-state index < -0.39 is 9.84 Å². The zero-order chi connectivity index (χ0) is 18.0. The maximum atomic E-state index is 12.1. The third kappa shape index (κ3) is 4.22. The van der Waals surface area contributed by atoms with Crippen molar-refractivity contribution in [2.45, 2.75) is 38.0 Å². The molecule has 0 N–H and O–H groups in total. The molecule has 0 amide bonds. The van der Waals surface area contributed by atoms with Crippen molar-refractivity contribution in [2.75, 3.05) is 39.0 Å². The molecular formula is C18H28N4O2S. The van der Waals surface area contributed by atoms with E-state index in [1.807, 2.05) is 28.8 Å². The minimum Gasteiger partial charge on any atom is -0.315 e. The number of benzene rings is 1. The van der Waals surface area contributed by atoms with Crippen LogP contribution in [0.2, 0.25) is 0 Å². The standard InChI is InChI=1S/C18H28N4O2S/c1-15(2)21-13-11-20(12-14-21)9-6-10-22-17-8-5-4-7-16(17)19-18(22)25(3,23)24/h4-5,7-8,15H,6,9-14H2,1-3H3. The van der Waals surface area contributed by atoms with E-state index in [0.29, 0.717) is 12.6 Å². The lowest BCUT2D eigenvalue weighted by Gasteiger charge is -2.36. The molecule has 2 aromatic rings. The molecule has 0 atom stereocenters. The number of imidazole rings is 1. The number of nitrogens with zero attached hydrogens (tertiary/aromatic N) is 4. The van der Waals surface area contributed by atoms with E-state index in [2.05, 4.69) is 28.6 Å². The summed E-state index contributed by atoms with van der Waals surface area (Å²) < 4.78 is 26.0. The summed E-state index contributed by atoms with van der Waals surface area (Å²) in [5.74, 6) is 0. The molecule has 0 unspecified atom stereocenters. The summed E-state index contributed by atoms with van der Waals surface area (Å²) in [5.41, 5.74) is 1.64. The number of fused-ring (bicyclic) bond motifs is 1. The molecule has 3 rings (SSSR count). The van der Waals surface area contributed by atoms with E-state index in [-0.39, 0.29) is 5.16 Å². The van der Waals surface area contributed by atoms with Crippen LogP contribution in [0.5, 0.6) is 0 Å². The van der Waals surface area contributed by atoms with E-state index in [1.165, 1.54) is 6.26 Å². The molecule has 0 radical (unpaired) electrons. The maximum Gasteiger partial charge on any atom is 0.228 e. The predicted molar refractivity (Wildman–Crippen MR) is 101 cm³/mol. The lowest BCUT2D eigenvalue weighted by Crippen LogP contribution is -2.49. The van der Waals surface area contributed by atoms with Crippen LogP contribution < -0.4 is 0 Å². The summed E-state index contributed by atoms with van der Waals surface area (Å²) in [6.07, 6.45) is 2.15. The highest BCUT2D eigenvalue weighted by Gasteiger charge is 2.21. The first-order valence-corrected chi connectivity index (χ1v) is 10.9. The number of para-hydroxylation sites is 2. The molecule has 0 saturated carbocycles. The number of aromatic nitrogens is 2. The smallest absolute Gasteiger partial charge is 0.228 e. The Bertz CT molecular complexity index is 821. The average Bonchev–Trinajstić information content (AvgIpc) is 2.95. The Morgan fingerprint density at radius 1 is 1.08 bits per heavy atom. The van der Waals surface area contributed by atoms with Crippen molar-refractivity contribution in [1.29, 1.82) is 0 Å². The first kappa shape index (κ1) is 18.4. The van der Waals surface area contributed by atoms with Crippen LogP contribution in [0.15, 0.2) is 29.4 Å². The summed E-state index contributed by atoms with van der Waals surface area (Å²) in [4.78, 5) is 9.31. The monoisotopic (exact) mass is 364 g/mol. The third-order valence-corrected chi connectivity index (χ3v) is 5.92. The largest absolute Gasteiger partial charge is 0.315 e. The molecule has 6 nitrogen and oxygen atoms in total. The Balaban J connectivity index is 1.66. The highest BCUT2D eigenvalue weighted by Crippen LogP contribution is 2.20. The Morgan fingerprint density at radius 2 is 1.76 bits per heavy atom. The van der Waals surface area contributed by atoms with Gasteiger partial charge in [-0.3, -0.25) is 4.90 Å². The van der Waals surface area contributed by atoms with Gasteiger partial charge in [0.15, 0.2) is 0 Å². The summed E-state index contributed by atoms with van der Waals surface area (Å²) in [6.45, 7) is 10.5. The van der Waals surface area contributed by atoms with Crippen LogP contribution >= 0.6 is 0 Å². The van der Waals surface area contributed by atoms with E-state index in [4.69, 9.17) is 0 Å². The topological polar surface area (TPSA) is 58.4 Å². The number of sulfone groups is 1. The van der Waals surface area contributed by atoms with Crippen molar-refractivity contribution < 1.29 is 8.42 Å². The lowest BCUT2D eigenvalue weighted by molar-refractivity contribution is 0.107. The second-order valence-electron chi connectivity index (χ2n) is 7.13. The van der Waals surface area contributed by atoms with Crippen molar-refractivity contribution in [3.8, 4) is 0 Å². The summed E-state index contributed by atoms with van der Waals surface area (Å²) in [7, 11) is -3.34. The van der Waals surface area contributed by atoms with Crippen LogP contribution in [0.3, 0.4) is 0 Å². The molecule has 25 heavy (non-hydrogen) atoms. The van der Waals surface area contributed by atoms with E-state index in [9.17, 15) is 8.42 Å². The van der Waals surface area contributed by atoms with Gasteiger partial charge in [-0.2, -0.15) is 0 Å². The fraction of sp³-hybridized carbons (Fsp3) is 0.611. The normalized spacial score (nSPS) is 17.6. The summed E-state index contributed by atoms with van der Waals surface area (Å²) in [5, 5.41) is 0.179. The number of rotatable bonds is 6. The van der Waals surface area contributed by atoms with Gasteiger partial charge in [0.1, 0.15) is 0 Å². The van der Waals surface area contributed by atoms with Crippen LogP contribution in [0.4, 0.5) is 0 Å². The van der Waals surface area contributed by atoms with Crippen molar-refractivity contribution in [1.82, 2.24) is 19.4 Å². The molecule has 1 aromatic carbocycles. The minimum absolute atomic E-state index is 0.179. The van der Waals surface area contributed by atoms with Crippen LogP contribution in [0.25, 0.3) is 11.0 Å². The van der Waals surface area contributed by atoms with E-state index in [1.54, 1.807) is 0 Å². The molecule has 1 aliphatic rings. The second kappa shape index (κ2) is 7.43. The zero-order valence-electron chi connectivity index (χ0n) is 15.4. The quantitative estimate of drug-likeness (QED) is 0.783. The van der Waals surface area contributed by atoms with Gasteiger partial charge in [-0.25, -0.2) is 13.4 Å². The van der Waals surface area contributed by atoms with Gasteiger partial charge in [0.05, 0.1) is 11.0 Å². The molecule has 2 heterocycles. The molecule has 0 bridgehead atoms. The molecular weight excluding hydrogens is 336 g/mol. The third-order valence-electron chi connectivity index (χ3n) is 4.94. The Morgan fingerprint density at radius 3 is 2.40 bits per heavy atom. The lowest BCUT2D eigenvalue weighted by atomic mass is 10.2. The van der Waals surface area contributed by atoms with Crippen LogP contribution in [-0.2, 0) is 16.4 Å². The number of piperazine rings is 1. The number of hydrogen-bond acceptors (Lipinski definition) is 5. The fourth-order valence-electron chi connectivity index (χ4n) is 3.51. The molecule has 1 aromatic heterocycles. The van der Waals surface area contributed by atoms with Gasteiger partial charge < -0.3 is 9.47 Å². The van der Waals surface area contributed by atoms with Gasteiger partial charge in [-0.15, -0.1) is 0 Å². The highest BCUT2D eigenvalue weighted by molar-refractivity contribution is 7.90. The van der Waals surface area contributed by atoms with E-state index in [0.717, 1.165) is 50.2 Å². The number of aryl methyl sites for hydroxylation is 1. The molecule has 138 valence electrons. The summed E-state index contributed by atoms with van der Waals surface area (Å²) in [6, 6.07) is 8.23. The van der Waals surface area contributed by atoms with Gasteiger partial charge in [0.25, 0.3) is 0 Å². The fourth-order valence-corrected chi connectivity index (χ4v) is 4.36. The molecule has 1 saturated heterocycles. The minimum atomic E-state index is -3.34. The van der Waals surface area contributed by atoms with Crippen LogP contribution in [0, 0.1) is 0 Å². The van der Waals surface area contributed by atoms with Gasteiger partial charge in [0, 0.05) is 45.0 Å². The Kier molecular flexibility index (Phi) is 5.46. The first-order chi connectivity index (χ1) is 11.9. The average molecular weight is 365 g/mol. The zero-order valence-corrected chi connectivity index (χ0v) is 16.2. The highest BCUT2D eigenvalue weighted by atomic mass is 32.2. The summed E-state index contributed by atoms with van der Waals surface area (Å²) >= 11 is 0. The first-order valence-electron chi connectivity index (χ1n) is 8.98. The molecule has 0 aliphatic carbocycles. The van der Waals surface area contributed by atoms with Crippen LogP contribution in [0.1, 0.15) is 20.3 Å². The van der Waals surface area contributed by atoms with Gasteiger partial charge in [-0.1, -0.05) is 12.1 Å². The van der Waals surface area contributed by atoms with Crippen molar-refractivity contribution in [2.24, 2.45) is 0 Å². The van der Waals surface area contributed by atoms with Gasteiger partial charge in [-0.05, 0) is 38.9 Å². The predicted octanol–water partition coefficient (Wildman–Crippen LogP) is 1.86. The molecule has 1 aliphatic heterocycles. The van der Waals surface area contributed by atoms with Crippen molar-refractivity contribution in [3.63, 3.8) is 0 Å². The second-order valence-corrected chi connectivity index (χ2v) is 9.04. The molecule has 7 heteroatoms. The van der Waals surface area contributed by atoms with E-state index >= 15 is 0 Å². The maximum absolute atomic E-state index is 12.1. The SMILES string of the molecule is CC(C)N1CCN(CCCn2c(S(C)(=O)=O)nc3ccccc32)CC1. The number of hydrogen-bond donors (Lipinski definition) is 0. The van der Waals surface area contributed by atoms with Crippen molar-refractivity contribution in [3.05, 3.63) is 24.3 Å². The van der Waals surface area contributed by atoms with Gasteiger partial charge in [0.2, 0.25) is 15.0 Å². The van der Waals surface area contributed by atoms with Crippen LogP contribution in [-0.4, -0.2) is 72.8 Å². The Labute approximate surface area is 150 Å². The Hall–Kier alpha value is -1.44.